The van der Waals surface area contributed by atoms with Gasteiger partial charge in [-0.25, -0.2) is 9.97 Å². The van der Waals surface area contributed by atoms with Crippen molar-refractivity contribution in [3.05, 3.63) is 176 Å². The Morgan fingerprint density at radius 1 is 0.442 bits per heavy atom. The highest BCUT2D eigenvalue weighted by atomic mass is 28.3. The van der Waals surface area contributed by atoms with Crippen LogP contribution in [-0.2, 0) is 0 Å². The first-order valence-corrected chi connectivity index (χ1v) is 20.9. The first kappa shape index (κ1) is 30.5. The van der Waals surface area contributed by atoms with E-state index in [1.165, 1.54) is 65.7 Å². The Bertz CT molecular complexity index is 2780. The van der Waals surface area contributed by atoms with Crippen LogP contribution in [0.15, 0.2) is 176 Å². The van der Waals surface area contributed by atoms with E-state index in [1.807, 2.05) is 0 Å². The quantitative estimate of drug-likeness (QED) is 0.169. The smallest absolute Gasteiger partial charge is 0.159 e. The van der Waals surface area contributed by atoms with Gasteiger partial charge in [-0.3, -0.25) is 0 Å². The van der Waals surface area contributed by atoms with Gasteiger partial charge in [-0.1, -0.05) is 153 Å². The van der Waals surface area contributed by atoms with Gasteiger partial charge in [-0.15, -0.1) is 0 Å². The molecular formula is C48H35N3Si. The second kappa shape index (κ2) is 11.9. The summed E-state index contributed by atoms with van der Waals surface area (Å²) in [7, 11) is -2.13. The Hall–Kier alpha value is -6.36. The van der Waals surface area contributed by atoms with Gasteiger partial charge in [-0.2, -0.15) is 0 Å². The highest BCUT2D eigenvalue weighted by Gasteiger charge is 2.41. The number of para-hydroxylation sites is 2. The lowest BCUT2D eigenvalue weighted by Crippen LogP contribution is -2.50. The fourth-order valence-electron chi connectivity index (χ4n) is 8.22. The van der Waals surface area contributed by atoms with Crippen molar-refractivity contribution in [3.8, 4) is 61.7 Å². The third-order valence-corrected chi connectivity index (χ3v) is 14.1. The zero-order valence-corrected chi connectivity index (χ0v) is 30.1. The van der Waals surface area contributed by atoms with E-state index < -0.39 is 8.07 Å². The molecule has 7 aromatic carbocycles. The van der Waals surface area contributed by atoms with Crippen LogP contribution < -0.4 is 10.5 Å². The largest absolute Gasteiger partial charge is 0.309 e. The van der Waals surface area contributed by atoms with Crippen molar-refractivity contribution >= 4 is 40.4 Å². The maximum absolute atomic E-state index is 5.50. The number of hydrogen-bond acceptors (Lipinski definition) is 2. The summed E-state index contributed by atoms with van der Waals surface area (Å²) in [5, 5.41) is 5.12. The standard InChI is InChI=1S/C48H35N3Si/c1-52(2)44-28-11-8-25-41(44)45-46(36-20-13-19-35(30-36)34-18-12-17-33(29-34)32-15-4-3-5-16-32)49-47(50-48(45)52)37-21-14-22-38(31-37)51-42-26-9-6-23-39(42)40-24-7-10-27-43(40)51/h3-31H,1-2H3. The number of aromatic nitrogens is 3. The lowest BCUT2D eigenvalue weighted by Gasteiger charge is -2.19. The Morgan fingerprint density at radius 2 is 0.981 bits per heavy atom. The minimum atomic E-state index is -2.13. The second-order valence-electron chi connectivity index (χ2n) is 14.2. The summed E-state index contributed by atoms with van der Waals surface area (Å²) in [5.41, 5.74) is 13.8. The van der Waals surface area contributed by atoms with Crippen molar-refractivity contribution in [3.63, 3.8) is 0 Å². The highest BCUT2D eigenvalue weighted by molar-refractivity contribution is 7.03. The van der Waals surface area contributed by atoms with E-state index >= 15 is 0 Å². The van der Waals surface area contributed by atoms with Crippen molar-refractivity contribution in [1.82, 2.24) is 14.5 Å². The minimum absolute atomic E-state index is 0.765. The molecule has 0 saturated carbocycles. The Balaban J connectivity index is 1.16. The van der Waals surface area contributed by atoms with Gasteiger partial charge in [-0.05, 0) is 69.4 Å². The molecule has 0 fully saturated rings. The molecular weight excluding hydrogens is 647 g/mol. The normalized spacial score (nSPS) is 13.0. The van der Waals surface area contributed by atoms with Crippen molar-refractivity contribution < 1.29 is 0 Å². The summed E-state index contributed by atoms with van der Waals surface area (Å²) in [6, 6.07) is 63.3. The molecule has 0 aliphatic carbocycles. The molecule has 0 spiro atoms. The van der Waals surface area contributed by atoms with Gasteiger partial charge in [0.15, 0.2) is 5.82 Å². The summed E-state index contributed by atoms with van der Waals surface area (Å²) in [4.78, 5) is 11.0. The molecule has 0 N–H and O–H groups in total. The SMILES string of the molecule is C[Si]1(C)c2ccccc2-c2c(-c3cccc(-c4cccc(-c5ccccc5)c4)c3)nc(-c3cccc(-n4c5ccccc5c5ccccc54)c3)nc21. The number of hydrogen-bond donors (Lipinski definition) is 0. The van der Waals surface area contributed by atoms with E-state index in [0.29, 0.717) is 0 Å². The highest BCUT2D eigenvalue weighted by Crippen LogP contribution is 2.39. The first-order chi connectivity index (χ1) is 25.5. The van der Waals surface area contributed by atoms with Gasteiger partial charge in [0.1, 0.15) is 8.07 Å². The molecule has 9 aromatic rings. The van der Waals surface area contributed by atoms with Gasteiger partial charge in [0.05, 0.1) is 16.7 Å². The fourth-order valence-corrected chi connectivity index (χ4v) is 11.1. The molecule has 3 nitrogen and oxygen atoms in total. The third-order valence-electron chi connectivity index (χ3n) is 10.8. The Kier molecular flexibility index (Phi) is 6.95. The van der Waals surface area contributed by atoms with Crippen LogP contribution in [0.2, 0.25) is 13.1 Å². The van der Waals surface area contributed by atoms with Crippen molar-refractivity contribution in [1.29, 1.82) is 0 Å². The average Bonchev–Trinajstić information content (AvgIpc) is 3.67. The van der Waals surface area contributed by atoms with Crippen LogP contribution in [0.5, 0.6) is 0 Å². The van der Waals surface area contributed by atoms with Gasteiger partial charge in [0.2, 0.25) is 0 Å². The zero-order valence-electron chi connectivity index (χ0n) is 29.1. The Morgan fingerprint density at radius 3 is 1.71 bits per heavy atom. The van der Waals surface area contributed by atoms with E-state index in [0.717, 1.165) is 28.3 Å². The van der Waals surface area contributed by atoms with Crippen molar-refractivity contribution in [2.24, 2.45) is 0 Å². The second-order valence-corrected chi connectivity index (χ2v) is 18.5. The molecule has 2 aromatic heterocycles. The molecule has 0 unspecified atom stereocenters. The summed E-state index contributed by atoms with van der Waals surface area (Å²) in [5.74, 6) is 0.765. The molecule has 3 heterocycles. The topological polar surface area (TPSA) is 30.7 Å². The summed E-state index contributed by atoms with van der Waals surface area (Å²) in [6.45, 7) is 4.86. The summed E-state index contributed by atoms with van der Waals surface area (Å²) < 4.78 is 2.37. The fraction of sp³-hybridized carbons (Fsp3) is 0.0417. The number of fused-ring (bicyclic) bond motifs is 6. The maximum Gasteiger partial charge on any atom is 0.159 e. The number of rotatable bonds is 5. The van der Waals surface area contributed by atoms with Crippen LogP contribution in [0.4, 0.5) is 0 Å². The average molecular weight is 682 g/mol. The Labute approximate surface area is 304 Å². The molecule has 10 rings (SSSR count). The molecule has 1 aliphatic rings. The molecule has 52 heavy (non-hydrogen) atoms. The first-order valence-electron chi connectivity index (χ1n) is 17.9. The lowest BCUT2D eigenvalue weighted by atomic mass is 9.95. The number of nitrogens with zero attached hydrogens (tertiary/aromatic N) is 3. The molecule has 0 atom stereocenters. The van der Waals surface area contributed by atoms with E-state index in [1.54, 1.807) is 0 Å². The molecule has 1 aliphatic heterocycles. The van der Waals surface area contributed by atoms with Crippen LogP contribution in [0.25, 0.3) is 83.5 Å². The predicted molar refractivity (Wildman–Crippen MR) is 220 cm³/mol. The number of benzene rings is 7. The van der Waals surface area contributed by atoms with Crippen LogP contribution in [0.3, 0.4) is 0 Å². The molecule has 0 amide bonds. The minimum Gasteiger partial charge on any atom is -0.309 e. The van der Waals surface area contributed by atoms with Crippen molar-refractivity contribution in [2.45, 2.75) is 13.1 Å². The van der Waals surface area contributed by atoms with Gasteiger partial charge >= 0.3 is 0 Å². The molecule has 0 saturated heterocycles. The van der Waals surface area contributed by atoms with E-state index in [2.05, 4.69) is 194 Å². The third kappa shape index (κ3) is 4.79. The van der Waals surface area contributed by atoms with Gasteiger partial charge in [0.25, 0.3) is 0 Å². The van der Waals surface area contributed by atoms with Crippen LogP contribution in [0.1, 0.15) is 0 Å². The molecule has 246 valence electrons. The van der Waals surface area contributed by atoms with E-state index in [4.69, 9.17) is 9.97 Å². The van der Waals surface area contributed by atoms with Crippen LogP contribution in [0, 0.1) is 0 Å². The van der Waals surface area contributed by atoms with E-state index in [-0.39, 0.29) is 0 Å². The van der Waals surface area contributed by atoms with Gasteiger partial charge < -0.3 is 4.57 Å². The maximum atomic E-state index is 5.50. The lowest BCUT2D eigenvalue weighted by molar-refractivity contribution is 1.17. The van der Waals surface area contributed by atoms with Crippen LogP contribution >= 0.6 is 0 Å². The van der Waals surface area contributed by atoms with Gasteiger partial charge in [0, 0.05) is 38.5 Å². The molecule has 4 heteroatoms. The summed E-state index contributed by atoms with van der Waals surface area (Å²) in [6.07, 6.45) is 0. The summed E-state index contributed by atoms with van der Waals surface area (Å²) >= 11 is 0. The monoisotopic (exact) mass is 681 g/mol. The van der Waals surface area contributed by atoms with Crippen molar-refractivity contribution in [2.75, 3.05) is 0 Å². The predicted octanol–water partition coefficient (Wildman–Crippen LogP) is 11.0. The zero-order chi connectivity index (χ0) is 34.8. The molecule has 0 bridgehead atoms. The van der Waals surface area contributed by atoms with Crippen LogP contribution in [-0.4, -0.2) is 22.6 Å². The molecule has 0 radical (unpaired) electrons. The van der Waals surface area contributed by atoms with E-state index in [9.17, 15) is 0 Å².